The highest BCUT2D eigenvalue weighted by molar-refractivity contribution is 14.0. The molecule has 1 aromatic rings. The van der Waals surface area contributed by atoms with Gasteiger partial charge in [-0.1, -0.05) is 13.3 Å². The smallest absolute Gasteiger partial charge is 0.191 e. The molecule has 1 aromatic heterocycles. The van der Waals surface area contributed by atoms with Gasteiger partial charge in [0.25, 0.3) is 0 Å². The summed E-state index contributed by atoms with van der Waals surface area (Å²) in [5, 5.41) is 6.86. The first-order chi connectivity index (χ1) is 9.13. The van der Waals surface area contributed by atoms with Gasteiger partial charge in [-0.05, 0) is 44.7 Å². The predicted molar refractivity (Wildman–Crippen MR) is 93.7 cm³/mol. The molecular formula is C15H26IN3O. The van der Waals surface area contributed by atoms with Crippen LogP contribution in [0.2, 0.25) is 0 Å². The van der Waals surface area contributed by atoms with Gasteiger partial charge >= 0.3 is 0 Å². The third kappa shape index (κ3) is 4.68. The van der Waals surface area contributed by atoms with Crippen LogP contribution in [0.3, 0.4) is 0 Å². The van der Waals surface area contributed by atoms with E-state index >= 15 is 0 Å². The molecule has 3 unspecified atom stereocenters. The highest BCUT2D eigenvalue weighted by atomic mass is 127. The minimum atomic E-state index is 0. The Morgan fingerprint density at radius 1 is 1.50 bits per heavy atom. The molecule has 1 aliphatic rings. The average Bonchev–Trinajstić information content (AvgIpc) is 2.95. The summed E-state index contributed by atoms with van der Waals surface area (Å²) in [6.45, 7) is 6.29. The van der Waals surface area contributed by atoms with E-state index in [0.29, 0.717) is 6.04 Å². The summed E-state index contributed by atoms with van der Waals surface area (Å²) in [6, 6.07) is 4.72. The molecule has 0 aliphatic heterocycles. The van der Waals surface area contributed by atoms with Gasteiger partial charge in [-0.15, -0.1) is 24.0 Å². The van der Waals surface area contributed by atoms with E-state index in [1.807, 2.05) is 26.1 Å². The lowest BCUT2D eigenvalue weighted by atomic mass is 10.2. The highest BCUT2D eigenvalue weighted by Crippen LogP contribution is 2.34. The second-order valence-corrected chi connectivity index (χ2v) is 5.42. The molecule has 0 aromatic carbocycles. The van der Waals surface area contributed by atoms with E-state index in [9.17, 15) is 0 Å². The molecule has 0 spiro atoms. The van der Waals surface area contributed by atoms with Gasteiger partial charge in [-0.2, -0.15) is 0 Å². The number of hydrogen-bond acceptors (Lipinski definition) is 2. The van der Waals surface area contributed by atoms with Crippen LogP contribution in [0.15, 0.2) is 21.5 Å². The number of hydrogen-bond donors (Lipinski definition) is 2. The normalized spacial score (nSPS) is 22.9. The maximum Gasteiger partial charge on any atom is 0.191 e. The van der Waals surface area contributed by atoms with E-state index in [0.717, 1.165) is 23.4 Å². The number of nitrogens with one attached hydrogen (secondary N) is 2. The van der Waals surface area contributed by atoms with Crippen molar-refractivity contribution in [2.45, 2.75) is 52.1 Å². The third-order valence-corrected chi connectivity index (χ3v) is 3.67. The van der Waals surface area contributed by atoms with E-state index < -0.39 is 0 Å². The standard InChI is InChI=1S/C15H25N3O.HI/c1-5-6-12-9-13(12)18-15(16-4)17-11(3)14-8-7-10(2)19-14;/h7-8,11-13H,5-6,9H2,1-4H3,(H2,16,17,18);1H. The summed E-state index contributed by atoms with van der Waals surface area (Å²) in [5.41, 5.74) is 0. The fourth-order valence-electron chi connectivity index (χ4n) is 2.42. The molecule has 0 saturated heterocycles. The van der Waals surface area contributed by atoms with Crippen LogP contribution in [-0.4, -0.2) is 19.0 Å². The zero-order valence-electron chi connectivity index (χ0n) is 12.8. The largest absolute Gasteiger partial charge is 0.464 e. The van der Waals surface area contributed by atoms with Gasteiger partial charge in [0, 0.05) is 13.1 Å². The zero-order valence-corrected chi connectivity index (χ0v) is 15.1. The van der Waals surface area contributed by atoms with Gasteiger partial charge in [0.2, 0.25) is 0 Å². The molecule has 20 heavy (non-hydrogen) atoms. The van der Waals surface area contributed by atoms with Crippen LogP contribution in [0, 0.1) is 12.8 Å². The van der Waals surface area contributed by atoms with E-state index in [1.54, 1.807) is 0 Å². The minimum Gasteiger partial charge on any atom is -0.464 e. The Labute approximate surface area is 138 Å². The number of guanidine groups is 1. The lowest BCUT2D eigenvalue weighted by Crippen LogP contribution is -2.40. The molecule has 1 fully saturated rings. The molecule has 5 heteroatoms. The first kappa shape index (κ1) is 17.3. The maximum absolute atomic E-state index is 5.63. The highest BCUT2D eigenvalue weighted by Gasteiger charge is 2.36. The Bertz CT molecular complexity index is 444. The SMILES string of the molecule is CCCC1CC1NC(=NC)NC(C)c1ccc(C)o1.I. The van der Waals surface area contributed by atoms with Crippen molar-refractivity contribution in [2.75, 3.05) is 7.05 Å². The first-order valence-electron chi connectivity index (χ1n) is 7.20. The summed E-state index contributed by atoms with van der Waals surface area (Å²) >= 11 is 0. The summed E-state index contributed by atoms with van der Waals surface area (Å²) in [5.74, 6) is 3.58. The zero-order chi connectivity index (χ0) is 13.8. The van der Waals surface area contributed by atoms with Crippen LogP contribution in [0.1, 0.15) is 50.7 Å². The van der Waals surface area contributed by atoms with E-state index in [1.165, 1.54) is 19.3 Å². The van der Waals surface area contributed by atoms with Crippen LogP contribution < -0.4 is 10.6 Å². The Morgan fingerprint density at radius 2 is 2.25 bits per heavy atom. The van der Waals surface area contributed by atoms with Crippen molar-refractivity contribution in [3.8, 4) is 0 Å². The van der Waals surface area contributed by atoms with Crippen molar-refractivity contribution >= 4 is 29.9 Å². The molecule has 3 atom stereocenters. The van der Waals surface area contributed by atoms with Crippen LogP contribution >= 0.6 is 24.0 Å². The number of nitrogens with zero attached hydrogens (tertiary/aromatic N) is 1. The molecule has 2 N–H and O–H groups in total. The van der Waals surface area contributed by atoms with Crippen molar-refractivity contribution in [3.05, 3.63) is 23.7 Å². The molecule has 0 radical (unpaired) electrons. The second-order valence-electron chi connectivity index (χ2n) is 5.42. The van der Waals surface area contributed by atoms with Crippen LogP contribution in [0.5, 0.6) is 0 Å². The van der Waals surface area contributed by atoms with Gasteiger partial charge in [0.05, 0.1) is 6.04 Å². The number of aliphatic imine (C=N–C) groups is 1. The maximum atomic E-state index is 5.63. The fourth-order valence-corrected chi connectivity index (χ4v) is 2.42. The van der Waals surface area contributed by atoms with Crippen LogP contribution in [0.25, 0.3) is 0 Å². The Balaban J connectivity index is 0.00000200. The average molecular weight is 391 g/mol. The molecule has 1 saturated carbocycles. The van der Waals surface area contributed by atoms with Crippen molar-refractivity contribution < 1.29 is 4.42 Å². The summed E-state index contributed by atoms with van der Waals surface area (Å²) in [6.07, 6.45) is 3.83. The number of aryl methyl sites for hydroxylation is 1. The summed E-state index contributed by atoms with van der Waals surface area (Å²) in [7, 11) is 1.81. The second kappa shape index (κ2) is 7.90. The molecule has 1 heterocycles. The van der Waals surface area contributed by atoms with Crippen LogP contribution in [0.4, 0.5) is 0 Å². The Hall–Kier alpha value is -0.720. The topological polar surface area (TPSA) is 49.6 Å². The van der Waals surface area contributed by atoms with Gasteiger partial charge in [0.15, 0.2) is 5.96 Å². The van der Waals surface area contributed by atoms with Crippen molar-refractivity contribution in [2.24, 2.45) is 10.9 Å². The van der Waals surface area contributed by atoms with E-state index in [4.69, 9.17) is 4.42 Å². The first-order valence-corrected chi connectivity index (χ1v) is 7.20. The van der Waals surface area contributed by atoms with E-state index in [2.05, 4.69) is 29.5 Å². The van der Waals surface area contributed by atoms with Gasteiger partial charge in [-0.25, -0.2) is 0 Å². The quantitative estimate of drug-likeness (QED) is 0.458. The van der Waals surface area contributed by atoms with E-state index in [-0.39, 0.29) is 30.0 Å². The minimum absolute atomic E-state index is 0. The Kier molecular flexibility index (Phi) is 6.85. The molecule has 4 nitrogen and oxygen atoms in total. The molecule has 2 rings (SSSR count). The number of rotatable bonds is 5. The number of furan rings is 1. The number of halogens is 1. The van der Waals surface area contributed by atoms with Crippen molar-refractivity contribution in [1.82, 2.24) is 10.6 Å². The molecule has 0 bridgehead atoms. The van der Waals surface area contributed by atoms with Gasteiger partial charge < -0.3 is 15.1 Å². The molecule has 1 aliphatic carbocycles. The molecule has 0 amide bonds. The monoisotopic (exact) mass is 391 g/mol. The van der Waals surface area contributed by atoms with Crippen LogP contribution in [-0.2, 0) is 0 Å². The van der Waals surface area contributed by atoms with Crippen molar-refractivity contribution in [3.63, 3.8) is 0 Å². The van der Waals surface area contributed by atoms with Gasteiger partial charge in [0.1, 0.15) is 11.5 Å². The Morgan fingerprint density at radius 3 is 2.80 bits per heavy atom. The third-order valence-electron chi connectivity index (χ3n) is 3.67. The lowest BCUT2D eigenvalue weighted by molar-refractivity contribution is 0.441. The fraction of sp³-hybridized carbons (Fsp3) is 0.667. The molecular weight excluding hydrogens is 365 g/mol. The lowest BCUT2D eigenvalue weighted by Gasteiger charge is -2.16. The summed E-state index contributed by atoms with van der Waals surface area (Å²) in [4.78, 5) is 4.29. The molecule has 114 valence electrons. The summed E-state index contributed by atoms with van der Waals surface area (Å²) < 4.78 is 5.63. The van der Waals surface area contributed by atoms with Gasteiger partial charge in [-0.3, -0.25) is 4.99 Å². The predicted octanol–water partition coefficient (Wildman–Crippen LogP) is 3.62. The van der Waals surface area contributed by atoms with Crippen molar-refractivity contribution in [1.29, 1.82) is 0 Å².